The Morgan fingerprint density at radius 1 is 0.322 bits per heavy atom. The van der Waals surface area contributed by atoms with Gasteiger partial charge < -0.3 is 9.80 Å². The lowest BCUT2D eigenvalue weighted by Crippen LogP contribution is -2.72. The summed E-state index contributed by atoms with van der Waals surface area (Å²) in [6.07, 6.45) is 0. The molecule has 272 valence electrons. The second-order valence-electron chi connectivity index (χ2n) is 16.0. The van der Waals surface area contributed by atoms with Crippen LogP contribution in [0.4, 0.5) is 34.1 Å². The molecule has 0 spiro atoms. The molecule has 0 fully saturated rings. The largest absolute Gasteiger partial charge is 0.312 e. The monoisotopic (exact) mass is 764 g/mol. The molecule has 2 nitrogen and oxygen atoms in total. The first-order chi connectivity index (χ1) is 29.3. The minimum Gasteiger partial charge on any atom is -0.312 e. The molecule has 4 aliphatic rings. The van der Waals surface area contributed by atoms with Gasteiger partial charge in [0.25, 0.3) is 6.71 Å². The van der Waals surface area contributed by atoms with Crippen LogP contribution < -0.4 is 58.5 Å². The molecule has 9 aromatic rings. The van der Waals surface area contributed by atoms with E-state index in [0.29, 0.717) is 0 Å². The second-order valence-corrected chi connectivity index (χ2v) is 18.1. The zero-order chi connectivity index (χ0) is 38.6. The third-order valence-corrected chi connectivity index (χ3v) is 15.6. The van der Waals surface area contributed by atoms with E-state index in [4.69, 9.17) is 0 Å². The first-order valence-corrected chi connectivity index (χ1v) is 21.9. The Hall–Kier alpha value is -6.86. The predicted octanol–water partition coefficient (Wildman–Crippen LogP) is 8.00. The molecule has 0 aliphatic carbocycles. The molecular weight excluding hydrogens is 729 g/mol. The number of anilines is 6. The van der Waals surface area contributed by atoms with E-state index in [0.717, 1.165) is 0 Å². The molecule has 4 aliphatic heterocycles. The molecule has 13 rings (SSSR count). The van der Waals surface area contributed by atoms with Crippen LogP contribution in [0.3, 0.4) is 0 Å². The van der Waals surface area contributed by atoms with E-state index in [1.54, 1.807) is 0 Å². The van der Waals surface area contributed by atoms with Gasteiger partial charge in [-0.25, -0.2) is 0 Å². The van der Waals surface area contributed by atoms with Crippen LogP contribution >= 0.6 is 7.92 Å². The van der Waals surface area contributed by atoms with Gasteiger partial charge in [-0.2, -0.15) is 0 Å². The molecule has 4 heterocycles. The van der Waals surface area contributed by atoms with Gasteiger partial charge in [0.05, 0.1) is 5.69 Å². The Bertz CT molecular complexity index is 3070. The molecule has 0 saturated carbocycles. The van der Waals surface area contributed by atoms with Crippen LogP contribution in [0.15, 0.2) is 212 Å². The number of nitrogens with zero attached hydrogens (tertiary/aromatic N) is 2. The van der Waals surface area contributed by atoms with Crippen LogP contribution in [0.1, 0.15) is 0 Å². The highest BCUT2D eigenvalue weighted by molar-refractivity contribution is 7.81. The summed E-state index contributed by atoms with van der Waals surface area (Å²) in [6, 6.07) is 79.8. The average molecular weight is 764 g/mol. The van der Waals surface area contributed by atoms with Crippen molar-refractivity contribution in [2.24, 2.45) is 0 Å². The van der Waals surface area contributed by atoms with Gasteiger partial charge in [0.2, 0.25) is 6.71 Å². The zero-order valence-electron chi connectivity index (χ0n) is 32.2. The molecule has 0 bridgehead atoms. The lowest BCUT2D eigenvalue weighted by atomic mass is 9.29. The normalized spacial score (nSPS) is 14.8. The fourth-order valence-electron chi connectivity index (χ4n) is 10.8. The maximum absolute atomic E-state index is 2.66. The number of para-hydroxylation sites is 4. The van der Waals surface area contributed by atoms with E-state index in [-0.39, 0.29) is 13.4 Å². The summed E-state index contributed by atoms with van der Waals surface area (Å²) < 4.78 is 0. The van der Waals surface area contributed by atoms with Gasteiger partial charge in [-0.3, -0.25) is 0 Å². The molecule has 1 atom stereocenters. The standard InChI is InChI=1S/C54H35B2N2P/c1-4-19-36(20-5-1)39-25-18-26-40(37-21-6-2-7-22-37)53(39)58-47-33-16-11-28-42(47)55-41-27-10-14-31-45(41)57-46-32-15-12-29-43(46)56-44-30-13-17-34-49(44)59(38-23-8-3-9-24-38)50-35-48(58)51(55)54(57)52(50)56/h1-35H. The van der Waals surface area contributed by atoms with Gasteiger partial charge >= 0.3 is 0 Å². The summed E-state index contributed by atoms with van der Waals surface area (Å²) >= 11 is 0. The van der Waals surface area contributed by atoms with Crippen LogP contribution in [0.25, 0.3) is 22.3 Å². The lowest BCUT2D eigenvalue weighted by Gasteiger charge is -2.50. The highest BCUT2D eigenvalue weighted by Gasteiger charge is 2.51. The number of fused-ring (bicyclic) bond motifs is 10. The van der Waals surface area contributed by atoms with E-state index in [1.807, 2.05) is 0 Å². The summed E-state index contributed by atoms with van der Waals surface area (Å²) in [5.74, 6) is 0. The lowest BCUT2D eigenvalue weighted by molar-refractivity contribution is 1.26. The Kier molecular flexibility index (Phi) is 7.20. The number of hydrogen-bond acceptors (Lipinski definition) is 2. The first kappa shape index (κ1) is 33.1. The Morgan fingerprint density at radius 3 is 1.32 bits per heavy atom. The van der Waals surface area contributed by atoms with Crippen molar-refractivity contribution in [1.82, 2.24) is 0 Å². The van der Waals surface area contributed by atoms with Crippen LogP contribution in [-0.2, 0) is 0 Å². The summed E-state index contributed by atoms with van der Waals surface area (Å²) in [6.45, 7) is 0.171. The molecule has 0 N–H and O–H groups in total. The fourth-order valence-corrected chi connectivity index (χ4v) is 13.5. The van der Waals surface area contributed by atoms with Crippen LogP contribution in [0.2, 0.25) is 0 Å². The van der Waals surface area contributed by atoms with Gasteiger partial charge in [0.1, 0.15) is 0 Å². The quantitative estimate of drug-likeness (QED) is 0.133. The summed E-state index contributed by atoms with van der Waals surface area (Å²) in [5.41, 5.74) is 20.8. The maximum atomic E-state index is 2.66. The molecule has 0 radical (unpaired) electrons. The first-order valence-electron chi connectivity index (χ1n) is 20.6. The zero-order valence-corrected chi connectivity index (χ0v) is 33.1. The number of benzene rings is 9. The van der Waals surface area contributed by atoms with Crippen molar-refractivity contribution in [3.63, 3.8) is 0 Å². The fraction of sp³-hybridized carbons (Fsp3) is 0. The number of rotatable bonds is 4. The minimum absolute atomic E-state index is 0.0558. The maximum Gasteiger partial charge on any atom is 0.252 e. The van der Waals surface area contributed by atoms with Gasteiger partial charge in [-0.15, -0.1) is 0 Å². The van der Waals surface area contributed by atoms with Gasteiger partial charge in [0, 0.05) is 39.6 Å². The van der Waals surface area contributed by atoms with Gasteiger partial charge in [-0.05, 0) is 86.5 Å². The van der Waals surface area contributed by atoms with Crippen molar-refractivity contribution >= 4 is 104 Å². The van der Waals surface area contributed by atoms with E-state index in [1.165, 1.54) is 105 Å². The molecule has 5 heteroatoms. The summed E-state index contributed by atoms with van der Waals surface area (Å²) in [4.78, 5) is 5.30. The summed E-state index contributed by atoms with van der Waals surface area (Å²) in [5, 5.41) is 4.28. The molecule has 59 heavy (non-hydrogen) atoms. The van der Waals surface area contributed by atoms with Crippen LogP contribution in [0.5, 0.6) is 0 Å². The third-order valence-electron chi connectivity index (χ3n) is 13.0. The second kappa shape index (κ2) is 12.8. The van der Waals surface area contributed by atoms with Gasteiger partial charge in [0.15, 0.2) is 0 Å². The molecule has 0 amide bonds. The Balaban J connectivity index is 1.23. The predicted molar refractivity (Wildman–Crippen MR) is 255 cm³/mol. The Labute approximate surface area is 347 Å². The van der Waals surface area contributed by atoms with Crippen LogP contribution in [0, 0.1) is 0 Å². The van der Waals surface area contributed by atoms with E-state index >= 15 is 0 Å². The van der Waals surface area contributed by atoms with Crippen molar-refractivity contribution in [1.29, 1.82) is 0 Å². The molecule has 9 aromatic carbocycles. The van der Waals surface area contributed by atoms with Crippen molar-refractivity contribution in [3.05, 3.63) is 212 Å². The van der Waals surface area contributed by atoms with E-state index < -0.39 is 7.92 Å². The molecule has 0 saturated heterocycles. The highest BCUT2D eigenvalue weighted by Crippen LogP contribution is 2.51. The highest BCUT2D eigenvalue weighted by atomic mass is 31.1. The topological polar surface area (TPSA) is 6.48 Å². The molecule has 1 unspecified atom stereocenters. The van der Waals surface area contributed by atoms with Crippen molar-refractivity contribution in [3.8, 4) is 22.3 Å². The minimum atomic E-state index is -0.906. The van der Waals surface area contributed by atoms with Crippen LogP contribution in [-0.4, -0.2) is 13.4 Å². The smallest absolute Gasteiger partial charge is 0.252 e. The van der Waals surface area contributed by atoms with Crippen molar-refractivity contribution in [2.45, 2.75) is 0 Å². The van der Waals surface area contributed by atoms with E-state index in [9.17, 15) is 0 Å². The molecular formula is C54H35B2N2P. The Morgan fingerprint density at radius 2 is 0.763 bits per heavy atom. The molecule has 0 aromatic heterocycles. The van der Waals surface area contributed by atoms with Crippen molar-refractivity contribution in [2.75, 3.05) is 9.80 Å². The third kappa shape index (κ3) is 4.64. The van der Waals surface area contributed by atoms with Gasteiger partial charge in [-0.1, -0.05) is 194 Å². The summed E-state index contributed by atoms with van der Waals surface area (Å²) in [7, 11) is -0.906. The van der Waals surface area contributed by atoms with E-state index in [2.05, 4.69) is 222 Å². The average Bonchev–Trinajstić information content (AvgIpc) is 3.31. The van der Waals surface area contributed by atoms with Crippen molar-refractivity contribution < 1.29 is 0 Å². The SMILES string of the molecule is c1ccc(-c2cccc(-c3ccccc3)c2N2c3ccccc3B3c4ccccc4N4c5ccccc5B5c6ccccc6P(c6ccccc6)c6cc2c3c4c65)cc1. The number of hydrogen-bond donors (Lipinski definition) is 0.